The average Bonchev–Trinajstić information content (AvgIpc) is 2.96. The number of esters is 1. The van der Waals surface area contributed by atoms with E-state index < -0.39 is 22.9 Å². The molecule has 0 fully saturated rings. The smallest absolute Gasteiger partial charge is 0.339 e. The molecule has 0 bridgehead atoms. The molecule has 25 heavy (non-hydrogen) atoms. The summed E-state index contributed by atoms with van der Waals surface area (Å²) in [5.41, 5.74) is 8.43. The molecule has 0 aromatic heterocycles. The van der Waals surface area contributed by atoms with Gasteiger partial charge in [-0.1, -0.05) is 47.5 Å². The van der Waals surface area contributed by atoms with Crippen LogP contribution >= 0.6 is 0 Å². The van der Waals surface area contributed by atoms with E-state index in [1.165, 1.54) is 12.1 Å². The summed E-state index contributed by atoms with van der Waals surface area (Å²) in [5, 5.41) is 0. The van der Waals surface area contributed by atoms with E-state index in [0.717, 1.165) is 11.6 Å². The van der Waals surface area contributed by atoms with Gasteiger partial charge in [-0.2, -0.15) is 0 Å². The fourth-order valence-electron chi connectivity index (χ4n) is 2.75. The monoisotopic (exact) mass is 360 g/mol. The van der Waals surface area contributed by atoms with Crippen molar-refractivity contribution < 1.29 is 22.7 Å². The second kappa shape index (κ2) is 7.26. The maximum atomic E-state index is 14.5. The number of hydrogen-bond acceptors (Lipinski definition) is 5. The van der Waals surface area contributed by atoms with Crippen LogP contribution in [0.3, 0.4) is 0 Å². The molecule has 0 amide bonds. The van der Waals surface area contributed by atoms with E-state index in [-0.39, 0.29) is 17.9 Å². The van der Waals surface area contributed by atoms with Crippen LogP contribution in [0.2, 0.25) is 0 Å². The van der Waals surface area contributed by atoms with Crippen molar-refractivity contribution >= 4 is 28.2 Å². The Kier molecular flexibility index (Phi) is 5.08. The van der Waals surface area contributed by atoms with Gasteiger partial charge in [0.05, 0.1) is 5.57 Å². The standard InChI is InChI=1S/C18H16FNO4S/c19-16-7-12(10-25(22)23)3-6-14(16)15-9-24-18(21)17(15)13-4-1-11(8-20)2-5-13/h1-7H,8-10,20H2,(H,22,23)/p-1. The molecule has 1 atom stereocenters. The molecule has 0 spiro atoms. The minimum absolute atomic E-state index is 0.0312. The topological polar surface area (TPSA) is 92.5 Å². The molecule has 2 N–H and O–H groups in total. The van der Waals surface area contributed by atoms with Crippen molar-refractivity contribution in [3.05, 3.63) is 70.5 Å². The summed E-state index contributed by atoms with van der Waals surface area (Å²) in [6, 6.07) is 11.3. The highest BCUT2D eigenvalue weighted by atomic mass is 32.2. The number of benzene rings is 2. The molecule has 1 unspecified atom stereocenters. The Morgan fingerprint density at radius 3 is 2.44 bits per heavy atom. The third-order valence-electron chi connectivity index (χ3n) is 3.97. The number of ether oxygens (including phenoxy) is 1. The van der Waals surface area contributed by atoms with Crippen molar-refractivity contribution in [3.63, 3.8) is 0 Å². The van der Waals surface area contributed by atoms with Gasteiger partial charge in [-0.25, -0.2) is 9.18 Å². The summed E-state index contributed by atoms with van der Waals surface area (Å²) in [6.07, 6.45) is 0. The Morgan fingerprint density at radius 2 is 1.84 bits per heavy atom. The Bertz CT molecular complexity index is 877. The Hall–Kier alpha value is -2.35. The van der Waals surface area contributed by atoms with Gasteiger partial charge in [0.15, 0.2) is 0 Å². The van der Waals surface area contributed by atoms with Crippen LogP contribution in [-0.2, 0) is 32.9 Å². The molecule has 2 aromatic carbocycles. The molecule has 2 aromatic rings. The third kappa shape index (κ3) is 3.68. The average molecular weight is 360 g/mol. The van der Waals surface area contributed by atoms with Crippen LogP contribution < -0.4 is 5.73 Å². The Balaban J connectivity index is 2.04. The van der Waals surface area contributed by atoms with E-state index in [1.54, 1.807) is 24.3 Å². The zero-order chi connectivity index (χ0) is 18.0. The van der Waals surface area contributed by atoms with E-state index in [2.05, 4.69) is 0 Å². The van der Waals surface area contributed by atoms with Crippen LogP contribution in [0.15, 0.2) is 42.5 Å². The highest BCUT2D eigenvalue weighted by Crippen LogP contribution is 2.34. The number of cyclic esters (lactones) is 1. The lowest BCUT2D eigenvalue weighted by Crippen LogP contribution is -2.00. The molecule has 0 radical (unpaired) electrons. The second-order valence-electron chi connectivity index (χ2n) is 5.59. The van der Waals surface area contributed by atoms with E-state index in [9.17, 15) is 17.9 Å². The molecule has 7 heteroatoms. The lowest BCUT2D eigenvalue weighted by atomic mass is 9.95. The minimum atomic E-state index is -2.30. The van der Waals surface area contributed by atoms with Gasteiger partial charge in [0, 0.05) is 23.4 Å². The summed E-state index contributed by atoms with van der Waals surface area (Å²) in [4.78, 5) is 12.1. The largest absolute Gasteiger partial charge is 0.772 e. The molecular weight excluding hydrogens is 345 g/mol. The Labute approximate surface area is 146 Å². The van der Waals surface area contributed by atoms with E-state index >= 15 is 0 Å². The first-order valence-corrected chi connectivity index (χ1v) is 8.78. The van der Waals surface area contributed by atoms with Gasteiger partial charge in [-0.15, -0.1) is 0 Å². The summed E-state index contributed by atoms with van der Waals surface area (Å²) < 4.78 is 41.1. The molecule has 0 saturated heterocycles. The molecule has 1 heterocycles. The van der Waals surface area contributed by atoms with Gasteiger partial charge in [0.1, 0.15) is 12.4 Å². The first kappa shape index (κ1) is 17.5. The lowest BCUT2D eigenvalue weighted by molar-refractivity contribution is -0.133. The zero-order valence-corrected chi connectivity index (χ0v) is 14.0. The van der Waals surface area contributed by atoms with Crippen molar-refractivity contribution in [2.45, 2.75) is 12.3 Å². The number of nitrogens with two attached hydrogens (primary N) is 1. The van der Waals surface area contributed by atoms with Gasteiger partial charge in [0.2, 0.25) is 0 Å². The van der Waals surface area contributed by atoms with Gasteiger partial charge in [-0.3, -0.25) is 4.21 Å². The van der Waals surface area contributed by atoms with Crippen LogP contribution in [0, 0.1) is 5.82 Å². The highest BCUT2D eigenvalue weighted by Gasteiger charge is 2.28. The summed E-state index contributed by atoms with van der Waals surface area (Å²) in [5.74, 6) is -1.37. The fraction of sp³-hybridized carbons (Fsp3) is 0.167. The molecular formula is C18H15FNO4S-. The predicted octanol–water partition coefficient (Wildman–Crippen LogP) is 2.13. The van der Waals surface area contributed by atoms with Crippen LogP contribution in [0.4, 0.5) is 4.39 Å². The lowest BCUT2D eigenvalue weighted by Gasteiger charge is -2.09. The molecule has 1 aliphatic rings. The molecule has 1 aliphatic heterocycles. The van der Waals surface area contributed by atoms with Gasteiger partial charge in [-0.05, 0) is 22.8 Å². The number of carbonyl (C=O) groups is 1. The maximum Gasteiger partial charge on any atom is 0.339 e. The van der Waals surface area contributed by atoms with E-state index in [4.69, 9.17) is 10.5 Å². The first-order chi connectivity index (χ1) is 12.0. The SMILES string of the molecule is NCc1ccc(C2=C(c3ccc(CS(=O)[O-])cc3F)COC2=O)cc1. The van der Waals surface area contributed by atoms with Crippen molar-refractivity contribution in [2.24, 2.45) is 5.73 Å². The van der Waals surface area contributed by atoms with Crippen molar-refractivity contribution in [1.29, 1.82) is 0 Å². The van der Waals surface area contributed by atoms with Crippen LogP contribution in [-0.4, -0.2) is 21.3 Å². The molecule has 0 saturated carbocycles. The Morgan fingerprint density at radius 1 is 1.16 bits per heavy atom. The van der Waals surface area contributed by atoms with Crippen LogP contribution in [0.25, 0.3) is 11.1 Å². The van der Waals surface area contributed by atoms with Crippen molar-refractivity contribution in [1.82, 2.24) is 0 Å². The highest BCUT2D eigenvalue weighted by molar-refractivity contribution is 7.78. The number of halogens is 1. The van der Waals surface area contributed by atoms with Gasteiger partial charge in [0.25, 0.3) is 0 Å². The number of carbonyl (C=O) groups excluding carboxylic acids is 1. The van der Waals surface area contributed by atoms with E-state index in [1.807, 2.05) is 0 Å². The van der Waals surface area contributed by atoms with Crippen LogP contribution in [0.1, 0.15) is 22.3 Å². The van der Waals surface area contributed by atoms with Crippen molar-refractivity contribution in [2.75, 3.05) is 6.61 Å². The predicted molar refractivity (Wildman–Crippen MR) is 91.1 cm³/mol. The quantitative estimate of drug-likeness (QED) is 0.651. The van der Waals surface area contributed by atoms with E-state index in [0.29, 0.717) is 28.8 Å². The molecule has 130 valence electrons. The van der Waals surface area contributed by atoms with Gasteiger partial charge >= 0.3 is 5.97 Å². The second-order valence-corrected chi connectivity index (χ2v) is 6.49. The van der Waals surface area contributed by atoms with Crippen LogP contribution in [0.5, 0.6) is 0 Å². The zero-order valence-electron chi connectivity index (χ0n) is 13.2. The molecule has 0 aliphatic carbocycles. The molecule has 5 nitrogen and oxygen atoms in total. The molecule has 3 rings (SSSR count). The summed E-state index contributed by atoms with van der Waals surface area (Å²) in [7, 11) is 0. The normalized spacial score (nSPS) is 15.4. The maximum absolute atomic E-state index is 14.5. The summed E-state index contributed by atoms with van der Waals surface area (Å²) >= 11 is -2.30. The van der Waals surface area contributed by atoms with Gasteiger partial charge < -0.3 is 15.0 Å². The fourth-order valence-corrected chi connectivity index (χ4v) is 3.20. The number of hydrogen-bond donors (Lipinski definition) is 1. The minimum Gasteiger partial charge on any atom is -0.772 e. The number of rotatable bonds is 5. The van der Waals surface area contributed by atoms with Crippen molar-refractivity contribution in [3.8, 4) is 0 Å². The third-order valence-corrected chi connectivity index (χ3v) is 4.54. The summed E-state index contributed by atoms with van der Waals surface area (Å²) in [6.45, 7) is 0.352. The first-order valence-electron chi connectivity index (χ1n) is 7.54.